The molecule has 0 bridgehead atoms. The molecular formula is C10H21OSi. The SMILES string of the molecule is CCCCCC[Si]1CCCCO1. The van der Waals surface area contributed by atoms with E-state index in [4.69, 9.17) is 4.43 Å². The molecule has 0 amide bonds. The van der Waals surface area contributed by atoms with Gasteiger partial charge in [-0.3, -0.25) is 0 Å². The molecule has 1 radical (unpaired) electrons. The number of unbranched alkanes of at least 4 members (excludes halogenated alkanes) is 3. The second-order valence-electron chi connectivity index (χ2n) is 3.65. The third kappa shape index (κ3) is 4.26. The largest absolute Gasteiger partial charge is 0.417 e. The van der Waals surface area contributed by atoms with Crippen LogP contribution in [0.4, 0.5) is 0 Å². The molecule has 1 aliphatic rings. The Labute approximate surface area is 78.2 Å². The van der Waals surface area contributed by atoms with Crippen molar-refractivity contribution in [1.29, 1.82) is 0 Å². The topological polar surface area (TPSA) is 9.23 Å². The first kappa shape index (κ1) is 10.3. The maximum atomic E-state index is 5.76. The van der Waals surface area contributed by atoms with Crippen LogP contribution in [-0.2, 0) is 4.43 Å². The van der Waals surface area contributed by atoms with E-state index in [9.17, 15) is 0 Å². The van der Waals surface area contributed by atoms with Crippen molar-refractivity contribution in [1.82, 2.24) is 0 Å². The van der Waals surface area contributed by atoms with Crippen molar-refractivity contribution in [3.05, 3.63) is 0 Å². The fraction of sp³-hybridized carbons (Fsp3) is 1.00. The summed E-state index contributed by atoms with van der Waals surface area (Å²) in [4.78, 5) is 0. The van der Waals surface area contributed by atoms with Crippen LogP contribution in [0.2, 0.25) is 12.1 Å². The van der Waals surface area contributed by atoms with E-state index in [1.807, 2.05) is 0 Å². The van der Waals surface area contributed by atoms with Gasteiger partial charge in [0.2, 0.25) is 9.04 Å². The molecule has 0 spiro atoms. The van der Waals surface area contributed by atoms with Crippen molar-refractivity contribution < 1.29 is 4.43 Å². The Morgan fingerprint density at radius 1 is 1.17 bits per heavy atom. The zero-order chi connectivity index (χ0) is 8.65. The maximum Gasteiger partial charge on any atom is 0.211 e. The monoisotopic (exact) mass is 185 g/mol. The molecule has 0 aromatic rings. The summed E-state index contributed by atoms with van der Waals surface area (Å²) in [6.07, 6.45) is 8.35. The molecule has 0 aromatic heterocycles. The van der Waals surface area contributed by atoms with E-state index >= 15 is 0 Å². The Bertz CT molecular complexity index is 100. The van der Waals surface area contributed by atoms with Gasteiger partial charge in [-0.2, -0.15) is 0 Å². The van der Waals surface area contributed by atoms with E-state index in [2.05, 4.69) is 6.92 Å². The quantitative estimate of drug-likeness (QED) is 0.471. The lowest BCUT2D eigenvalue weighted by Crippen LogP contribution is -2.22. The van der Waals surface area contributed by atoms with Crippen molar-refractivity contribution in [2.45, 2.75) is 57.5 Å². The summed E-state index contributed by atoms with van der Waals surface area (Å²) in [5.74, 6) is 0. The van der Waals surface area contributed by atoms with Crippen LogP contribution in [0.5, 0.6) is 0 Å². The minimum absolute atomic E-state index is 0.329. The molecule has 0 aliphatic carbocycles. The zero-order valence-electron chi connectivity index (χ0n) is 8.27. The molecule has 1 nitrogen and oxygen atoms in total. The van der Waals surface area contributed by atoms with E-state index in [0.29, 0.717) is 0 Å². The Morgan fingerprint density at radius 2 is 2.08 bits per heavy atom. The molecule has 1 aliphatic heterocycles. The fourth-order valence-corrected chi connectivity index (χ4v) is 3.92. The van der Waals surface area contributed by atoms with Crippen LogP contribution in [0.15, 0.2) is 0 Å². The molecule has 0 atom stereocenters. The normalized spacial score (nSPS) is 19.8. The third-order valence-electron chi connectivity index (χ3n) is 2.47. The molecule has 0 aromatic carbocycles. The zero-order valence-corrected chi connectivity index (χ0v) is 9.27. The van der Waals surface area contributed by atoms with Crippen LogP contribution in [0.1, 0.15) is 45.4 Å². The van der Waals surface area contributed by atoms with Gasteiger partial charge in [-0.05, 0) is 18.5 Å². The lowest BCUT2D eigenvalue weighted by atomic mass is 10.2. The molecule has 1 fully saturated rings. The van der Waals surface area contributed by atoms with E-state index in [1.54, 1.807) is 0 Å². The third-order valence-corrected chi connectivity index (χ3v) is 4.90. The van der Waals surface area contributed by atoms with E-state index < -0.39 is 0 Å². The lowest BCUT2D eigenvalue weighted by Gasteiger charge is -2.19. The summed E-state index contributed by atoms with van der Waals surface area (Å²) >= 11 is 0. The van der Waals surface area contributed by atoms with Crippen molar-refractivity contribution in [3.63, 3.8) is 0 Å². The standard InChI is InChI=1S/C10H21OSi/c1-2-3-4-6-9-12-10-7-5-8-11-12/h2-10H2,1H3. The summed E-state index contributed by atoms with van der Waals surface area (Å²) in [7, 11) is -0.329. The van der Waals surface area contributed by atoms with Gasteiger partial charge in [-0.1, -0.05) is 39.0 Å². The van der Waals surface area contributed by atoms with Gasteiger partial charge in [0, 0.05) is 6.61 Å². The minimum atomic E-state index is -0.329. The Kier molecular flexibility index (Phi) is 5.70. The highest BCUT2D eigenvalue weighted by molar-refractivity contribution is 6.51. The Balaban J connectivity index is 1.91. The van der Waals surface area contributed by atoms with Crippen LogP contribution in [-0.4, -0.2) is 15.6 Å². The maximum absolute atomic E-state index is 5.76. The molecule has 2 heteroatoms. The van der Waals surface area contributed by atoms with Crippen molar-refractivity contribution >= 4 is 9.04 Å². The average molecular weight is 185 g/mol. The van der Waals surface area contributed by atoms with Gasteiger partial charge in [0.15, 0.2) is 0 Å². The summed E-state index contributed by atoms with van der Waals surface area (Å²) < 4.78 is 5.76. The molecule has 0 unspecified atom stereocenters. The van der Waals surface area contributed by atoms with Crippen LogP contribution >= 0.6 is 0 Å². The highest BCUT2D eigenvalue weighted by atomic mass is 28.3. The average Bonchev–Trinajstić information content (AvgIpc) is 2.14. The summed E-state index contributed by atoms with van der Waals surface area (Å²) in [5, 5.41) is 0. The molecule has 12 heavy (non-hydrogen) atoms. The second kappa shape index (κ2) is 6.67. The predicted octanol–water partition coefficient (Wildman–Crippen LogP) is 3.37. The number of rotatable bonds is 5. The summed E-state index contributed by atoms with van der Waals surface area (Å²) in [6.45, 7) is 3.33. The summed E-state index contributed by atoms with van der Waals surface area (Å²) in [5.41, 5.74) is 0. The minimum Gasteiger partial charge on any atom is -0.417 e. The van der Waals surface area contributed by atoms with Crippen LogP contribution in [0, 0.1) is 0 Å². The Morgan fingerprint density at radius 3 is 2.75 bits per heavy atom. The molecule has 1 rings (SSSR count). The first-order valence-electron chi connectivity index (χ1n) is 5.41. The lowest BCUT2D eigenvalue weighted by molar-refractivity contribution is 0.285. The highest BCUT2D eigenvalue weighted by Crippen LogP contribution is 2.16. The molecule has 0 N–H and O–H groups in total. The Hall–Kier alpha value is 0.177. The van der Waals surface area contributed by atoms with Crippen molar-refractivity contribution in [3.8, 4) is 0 Å². The van der Waals surface area contributed by atoms with E-state index in [1.165, 1.54) is 50.6 Å². The molecule has 0 saturated carbocycles. The van der Waals surface area contributed by atoms with E-state index in [0.717, 1.165) is 6.61 Å². The molecular weight excluding hydrogens is 164 g/mol. The number of hydrogen-bond acceptors (Lipinski definition) is 1. The van der Waals surface area contributed by atoms with Crippen LogP contribution in [0.25, 0.3) is 0 Å². The van der Waals surface area contributed by atoms with Gasteiger partial charge in [-0.15, -0.1) is 0 Å². The van der Waals surface area contributed by atoms with Gasteiger partial charge in [0.25, 0.3) is 0 Å². The molecule has 71 valence electrons. The second-order valence-corrected chi connectivity index (χ2v) is 6.02. The summed E-state index contributed by atoms with van der Waals surface area (Å²) in [6, 6.07) is 2.82. The number of hydrogen-bond donors (Lipinski definition) is 0. The molecule has 1 heterocycles. The fourth-order valence-electron chi connectivity index (χ4n) is 1.66. The van der Waals surface area contributed by atoms with E-state index in [-0.39, 0.29) is 9.04 Å². The smallest absolute Gasteiger partial charge is 0.211 e. The van der Waals surface area contributed by atoms with Crippen LogP contribution in [0.3, 0.4) is 0 Å². The van der Waals surface area contributed by atoms with Crippen LogP contribution < -0.4 is 0 Å². The first-order chi connectivity index (χ1) is 5.93. The molecule has 1 saturated heterocycles. The van der Waals surface area contributed by atoms with Gasteiger partial charge < -0.3 is 4.43 Å². The van der Waals surface area contributed by atoms with Gasteiger partial charge >= 0.3 is 0 Å². The van der Waals surface area contributed by atoms with Crippen molar-refractivity contribution in [2.75, 3.05) is 6.61 Å². The van der Waals surface area contributed by atoms with Gasteiger partial charge in [0.05, 0.1) is 0 Å². The first-order valence-corrected chi connectivity index (χ1v) is 7.23. The van der Waals surface area contributed by atoms with Gasteiger partial charge in [0.1, 0.15) is 0 Å². The van der Waals surface area contributed by atoms with Gasteiger partial charge in [-0.25, -0.2) is 0 Å². The predicted molar refractivity (Wildman–Crippen MR) is 54.7 cm³/mol. The van der Waals surface area contributed by atoms with Crippen molar-refractivity contribution in [2.24, 2.45) is 0 Å². The highest BCUT2D eigenvalue weighted by Gasteiger charge is 2.15.